The lowest BCUT2D eigenvalue weighted by Gasteiger charge is -2.12. The Morgan fingerprint density at radius 1 is 1.09 bits per heavy atom. The van der Waals surface area contributed by atoms with E-state index in [0.717, 1.165) is 23.9 Å². The topological polar surface area (TPSA) is 103 Å². The molecule has 3 aromatic carbocycles. The molecule has 11 heteroatoms. The average Bonchev–Trinajstić information content (AvgIpc) is 3.23. The molecule has 0 aliphatic heterocycles. The number of anilines is 1. The number of nitro groups is 1. The summed E-state index contributed by atoms with van der Waals surface area (Å²) in [5.74, 6) is -1.67. The number of amides is 1. The number of benzene rings is 3. The third kappa shape index (κ3) is 4.94. The van der Waals surface area contributed by atoms with Gasteiger partial charge in [0, 0.05) is 29.4 Å². The van der Waals surface area contributed by atoms with Crippen molar-refractivity contribution in [2.75, 3.05) is 11.1 Å². The summed E-state index contributed by atoms with van der Waals surface area (Å²) in [7, 11) is 0. The van der Waals surface area contributed by atoms with Crippen molar-refractivity contribution in [3.05, 3.63) is 94.0 Å². The van der Waals surface area contributed by atoms with Crippen LogP contribution in [0.25, 0.3) is 17.1 Å². The molecule has 0 unspecified atom stereocenters. The molecule has 0 bridgehead atoms. The number of thioether (sulfide) groups is 1. The smallest absolute Gasteiger partial charge is 0.269 e. The molecule has 0 saturated carbocycles. The highest BCUT2D eigenvalue weighted by Gasteiger charge is 2.20. The van der Waals surface area contributed by atoms with Gasteiger partial charge < -0.3 is 5.32 Å². The molecule has 1 amide bonds. The van der Waals surface area contributed by atoms with E-state index in [4.69, 9.17) is 0 Å². The van der Waals surface area contributed by atoms with Crippen LogP contribution in [0.3, 0.4) is 0 Å². The fraction of sp³-hybridized carbons (Fsp3) is 0.0870. The number of hydrogen-bond donors (Lipinski definition) is 1. The second-order valence-electron chi connectivity index (χ2n) is 7.20. The normalized spacial score (nSPS) is 10.8. The molecule has 4 aromatic rings. The largest absolute Gasteiger partial charge is 0.325 e. The second kappa shape index (κ2) is 9.79. The predicted octanol–water partition coefficient (Wildman–Crippen LogP) is 5.16. The van der Waals surface area contributed by atoms with Gasteiger partial charge in [-0.15, -0.1) is 10.2 Å². The zero-order valence-corrected chi connectivity index (χ0v) is 18.6. The van der Waals surface area contributed by atoms with Crippen molar-refractivity contribution in [1.82, 2.24) is 14.8 Å². The van der Waals surface area contributed by atoms with Crippen molar-refractivity contribution >= 4 is 29.0 Å². The van der Waals surface area contributed by atoms with E-state index >= 15 is 0 Å². The molecule has 0 saturated heterocycles. The van der Waals surface area contributed by atoms with Crippen LogP contribution >= 0.6 is 11.8 Å². The van der Waals surface area contributed by atoms with Crippen LogP contribution < -0.4 is 5.32 Å². The molecule has 34 heavy (non-hydrogen) atoms. The molecular formula is C23H17F2N5O3S. The van der Waals surface area contributed by atoms with Crippen LogP contribution in [0, 0.1) is 28.7 Å². The second-order valence-corrected chi connectivity index (χ2v) is 8.14. The van der Waals surface area contributed by atoms with Crippen LogP contribution in [-0.2, 0) is 4.79 Å². The number of aromatic nitrogens is 3. The summed E-state index contributed by atoms with van der Waals surface area (Å²) >= 11 is 1.02. The number of nitro benzene ring substituents is 1. The first-order valence-electron chi connectivity index (χ1n) is 9.97. The summed E-state index contributed by atoms with van der Waals surface area (Å²) in [5, 5.41) is 22.1. The standard InChI is InChI=1S/C23H17F2N5O3S/c1-14-11-17(30(32)33)8-9-19(14)26-21(31)13-34-23-28-27-22(15-5-3-2-4-6-15)29(23)20-10-7-16(24)12-18(20)25/h2-12H,13H2,1H3,(H,26,31). The fourth-order valence-corrected chi connectivity index (χ4v) is 3.98. The van der Waals surface area contributed by atoms with Gasteiger partial charge in [-0.2, -0.15) is 0 Å². The van der Waals surface area contributed by atoms with Gasteiger partial charge in [-0.25, -0.2) is 8.78 Å². The molecule has 1 heterocycles. The molecule has 0 aliphatic carbocycles. The molecule has 172 valence electrons. The van der Waals surface area contributed by atoms with E-state index < -0.39 is 22.5 Å². The van der Waals surface area contributed by atoms with Crippen molar-refractivity contribution in [3.63, 3.8) is 0 Å². The maximum Gasteiger partial charge on any atom is 0.269 e. The number of halogens is 2. The maximum absolute atomic E-state index is 14.7. The van der Waals surface area contributed by atoms with Gasteiger partial charge in [-0.1, -0.05) is 42.1 Å². The van der Waals surface area contributed by atoms with E-state index in [9.17, 15) is 23.7 Å². The molecule has 1 aromatic heterocycles. The number of non-ortho nitro benzene ring substituents is 1. The monoisotopic (exact) mass is 481 g/mol. The van der Waals surface area contributed by atoms with Crippen molar-refractivity contribution in [2.45, 2.75) is 12.1 Å². The number of hydrogen-bond acceptors (Lipinski definition) is 6. The molecule has 0 atom stereocenters. The quantitative estimate of drug-likeness (QED) is 0.222. The lowest BCUT2D eigenvalue weighted by molar-refractivity contribution is -0.384. The molecule has 0 radical (unpaired) electrons. The lowest BCUT2D eigenvalue weighted by atomic mass is 10.2. The van der Waals surface area contributed by atoms with Crippen LogP contribution in [0.1, 0.15) is 5.56 Å². The minimum atomic E-state index is -0.801. The van der Waals surface area contributed by atoms with E-state index in [-0.39, 0.29) is 22.3 Å². The highest BCUT2D eigenvalue weighted by molar-refractivity contribution is 7.99. The van der Waals surface area contributed by atoms with Crippen LogP contribution in [0.5, 0.6) is 0 Å². The first kappa shape index (κ1) is 23.1. The first-order chi connectivity index (χ1) is 16.3. The number of carbonyl (C=O) groups excluding carboxylic acids is 1. The Kier molecular flexibility index (Phi) is 6.64. The number of carbonyl (C=O) groups is 1. The highest BCUT2D eigenvalue weighted by atomic mass is 32.2. The van der Waals surface area contributed by atoms with E-state index in [1.165, 1.54) is 28.8 Å². The zero-order valence-electron chi connectivity index (χ0n) is 17.7. The zero-order chi connectivity index (χ0) is 24.2. The van der Waals surface area contributed by atoms with E-state index in [1.54, 1.807) is 31.2 Å². The van der Waals surface area contributed by atoms with Gasteiger partial charge in [0.2, 0.25) is 5.91 Å². The number of nitrogens with one attached hydrogen (secondary N) is 1. The third-order valence-electron chi connectivity index (χ3n) is 4.84. The molecule has 0 spiro atoms. The van der Waals surface area contributed by atoms with Gasteiger partial charge in [0.15, 0.2) is 11.0 Å². The summed E-state index contributed by atoms with van der Waals surface area (Å²) in [5.41, 5.74) is 1.60. The van der Waals surface area contributed by atoms with Gasteiger partial charge >= 0.3 is 0 Å². The van der Waals surface area contributed by atoms with Crippen molar-refractivity contribution in [1.29, 1.82) is 0 Å². The summed E-state index contributed by atoms with van der Waals surface area (Å²) in [6, 6.07) is 16.3. The molecule has 4 rings (SSSR count). The van der Waals surface area contributed by atoms with E-state index in [1.807, 2.05) is 6.07 Å². The lowest BCUT2D eigenvalue weighted by Crippen LogP contribution is -2.15. The minimum absolute atomic E-state index is 0.0411. The summed E-state index contributed by atoms with van der Waals surface area (Å²) in [6.45, 7) is 1.65. The number of nitrogens with zero attached hydrogens (tertiary/aromatic N) is 4. The van der Waals surface area contributed by atoms with Crippen LogP contribution in [0.2, 0.25) is 0 Å². The third-order valence-corrected chi connectivity index (χ3v) is 5.77. The Bertz CT molecular complexity index is 1380. The van der Waals surface area contributed by atoms with Crippen molar-refractivity contribution in [3.8, 4) is 17.1 Å². The Labute approximate surface area is 196 Å². The SMILES string of the molecule is Cc1cc([N+](=O)[O-])ccc1NC(=O)CSc1nnc(-c2ccccc2)n1-c1ccc(F)cc1F. The van der Waals surface area contributed by atoms with Crippen LogP contribution in [0.15, 0.2) is 71.9 Å². The van der Waals surface area contributed by atoms with E-state index in [0.29, 0.717) is 22.6 Å². The molecule has 0 fully saturated rings. The highest BCUT2D eigenvalue weighted by Crippen LogP contribution is 2.30. The van der Waals surface area contributed by atoms with Gasteiger partial charge in [0.05, 0.1) is 16.4 Å². The molecule has 0 aliphatic rings. The van der Waals surface area contributed by atoms with E-state index in [2.05, 4.69) is 15.5 Å². The van der Waals surface area contributed by atoms with Crippen molar-refractivity contribution < 1.29 is 18.5 Å². The average molecular weight is 481 g/mol. The Hall–Kier alpha value is -4.12. The van der Waals surface area contributed by atoms with Gasteiger partial charge in [-0.05, 0) is 30.7 Å². The summed E-state index contributed by atoms with van der Waals surface area (Å²) in [6.07, 6.45) is 0. The Morgan fingerprint density at radius 2 is 1.85 bits per heavy atom. The van der Waals surface area contributed by atoms with Crippen LogP contribution in [-0.4, -0.2) is 31.3 Å². The minimum Gasteiger partial charge on any atom is -0.325 e. The van der Waals surface area contributed by atoms with Gasteiger partial charge in [0.1, 0.15) is 11.6 Å². The van der Waals surface area contributed by atoms with Gasteiger partial charge in [0.25, 0.3) is 5.69 Å². The predicted molar refractivity (Wildman–Crippen MR) is 124 cm³/mol. The van der Waals surface area contributed by atoms with Gasteiger partial charge in [-0.3, -0.25) is 19.5 Å². The molecule has 8 nitrogen and oxygen atoms in total. The molecular weight excluding hydrogens is 464 g/mol. The Morgan fingerprint density at radius 3 is 2.53 bits per heavy atom. The Balaban J connectivity index is 1.59. The maximum atomic E-state index is 14.7. The summed E-state index contributed by atoms with van der Waals surface area (Å²) in [4.78, 5) is 22.9. The fourth-order valence-electron chi connectivity index (χ4n) is 3.24. The summed E-state index contributed by atoms with van der Waals surface area (Å²) < 4.78 is 29.6. The first-order valence-corrected chi connectivity index (χ1v) is 11.0. The number of rotatable bonds is 7. The van der Waals surface area contributed by atoms with Crippen molar-refractivity contribution in [2.24, 2.45) is 0 Å². The molecule has 1 N–H and O–H groups in total. The number of aryl methyl sites for hydroxylation is 1. The van der Waals surface area contributed by atoms with Crippen LogP contribution in [0.4, 0.5) is 20.2 Å².